The van der Waals surface area contributed by atoms with E-state index in [0.717, 1.165) is 44.5 Å². The molecule has 0 saturated carbocycles. The summed E-state index contributed by atoms with van der Waals surface area (Å²) in [7, 11) is -3.95. The number of aliphatic carboxylic acids is 1. The summed E-state index contributed by atoms with van der Waals surface area (Å²) in [5.74, 6) is -1.46. The molecule has 0 saturated heterocycles. The zero-order chi connectivity index (χ0) is 24.0. The number of carboxylic acids is 1. The third-order valence-corrected chi connectivity index (χ3v) is 7.51. The lowest BCUT2D eigenvalue weighted by molar-refractivity contribution is -0.132. The Morgan fingerprint density at radius 3 is 2.18 bits per heavy atom. The number of carboxylic acid groups (broad SMARTS) is 1. The number of hydrogen-bond donors (Lipinski definition) is 1. The maximum Gasteiger partial charge on any atom is 0.347 e. The molecule has 3 rings (SSSR count). The van der Waals surface area contributed by atoms with Crippen LogP contribution < -0.4 is 4.90 Å². The molecule has 0 spiro atoms. The van der Waals surface area contributed by atoms with Gasteiger partial charge in [0.1, 0.15) is 11.6 Å². The summed E-state index contributed by atoms with van der Waals surface area (Å²) in [5.41, 5.74) is 1.28. The van der Waals surface area contributed by atoms with Crippen LogP contribution in [0.1, 0.15) is 50.7 Å². The fraction of sp³-hybridized carbons (Fsp3) is 0.308. The SMILES string of the molecule is CCCCN(CCCC)c1ccc(C=C2/C(=C(\C#N)C(=O)O)c3ccccc3S2(=O)=O)cc1. The maximum absolute atomic E-state index is 13.2. The van der Waals surface area contributed by atoms with Gasteiger partial charge in [-0.1, -0.05) is 57.0 Å². The molecule has 0 aromatic heterocycles. The molecular formula is C26H28N2O4S. The lowest BCUT2D eigenvalue weighted by Crippen LogP contribution is -2.25. The van der Waals surface area contributed by atoms with Gasteiger partial charge in [-0.15, -0.1) is 0 Å². The van der Waals surface area contributed by atoms with E-state index in [1.54, 1.807) is 18.2 Å². The number of nitrogens with zero attached hydrogens (tertiary/aromatic N) is 2. The van der Waals surface area contributed by atoms with E-state index in [1.807, 2.05) is 24.3 Å². The number of nitriles is 1. The highest BCUT2D eigenvalue weighted by Crippen LogP contribution is 2.45. The summed E-state index contributed by atoms with van der Waals surface area (Å²) >= 11 is 0. The molecule has 0 fully saturated rings. The van der Waals surface area contributed by atoms with Crippen LogP contribution in [0.5, 0.6) is 0 Å². The predicted octanol–water partition coefficient (Wildman–Crippen LogP) is 5.28. The molecule has 2 aromatic carbocycles. The van der Waals surface area contributed by atoms with E-state index in [4.69, 9.17) is 0 Å². The Balaban J connectivity index is 2.07. The van der Waals surface area contributed by atoms with Gasteiger partial charge in [-0.2, -0.15) is 5.26 Å². The van der Waals surface area contributed by atoms with Gasteiger partial charge in [0.05, 0.1) is 9.80 Å². The first-order valence-electron chi connectivity index (χ1n) is 11.1. The number of rotatable bonds is 9. The zero-order valence-electron chi connectivity index (χ0n) is 18.9. The number of benzene rings is 2. The van der Waals surface area contributed by atoms with Crippen molar-refractivity contribution in [2.45, 2.75) is 44.4 Å². The molecular weight excluding hydrogens is 436 g/mol. The van der Waals surface area contributed by atoms with Crippen molar-refractivity contribution in [2.75, 3.05) is 18.0 Å². The fourth-order valence-electron chi connectivity index (χ4n) is 3.91. The second-order valence-corrected chi connectivity index (χ2v) is 9.85. The van der Waals surface area contributed by atoms with Crippen molar-refractivity contribution in [3.63, 3.8) is 0 Å². The first-order valence-corrected chi connectivity index (χ1v) is 12.6. The van der Waals surface area contributed by atoms with E-state index in [1.165, 1.54) is 18.2 Å². The van der Waals surface area contributed by atoms with Crippen molar-refractivity contribution in [1.82, 2.24) is 0 Å². The molecule has 0 unspecified atom stereocenters. The summed E-state index contributed by atoms with van der Waals surface area (Å²) < 4.78 is 26.5. The third-order valence-electron chi connectivity index (χ3n) is 5.68. The first-order chi connectivity index (χ1) is 15.8. The number of carbonyl (C=O) groups is 1. The second kappa shape index (κ2) is 10.5. The van der Waals surface area contributed by atoms with Crippen LogP contribution in [0.15, 0.2) is 63.9 Å². The fourth-order valence-corrected chi connectivity index (χ4v) is 5.64. The van der Waals surface area contributed by atoms with Crippen molar-refractivity contribution < 1.29 is 18.3 Å². The van der Waals surface area contributed by atoms with E-state index in [0.29, 0.717) is 5.56 Å². The van der Waals surface area contributed by atoms with Gasteiger partial charge in [-0.05, 0) is 42.7 Å². The molecule has 1 heterocycles. The minimum Gasteiger partial charge on any atom is -0.477 e. The van der Waals surface area contributed by atoms with Crippen LogP contribution >= 0.6 is 0 Å². The van der Waals surface area contributed by atoms with Crippen LogP contribution in [0.2, 0.25) is 0 Å². The summed E-state index contributed by atoms with van der Waals surface area (Å²) in [6, 6.07) is 15.4. The molecule has 0 radical (unpaired) electrons. The largest absolute Gasteiger partial charge is 0.477 e. The highest BCUT2D eigenvalue weighted by atomic mass is 32.2. The average molecular weight is 465 g/mol. The van der Waals surface area contributed by atoms with E-state index in [9.17, 15) is 23.6 Å². The number of sulfone groups is 1. The van der Waals surface area contributed by atoms with Gasteiger partial charge in [0.25, 0.3) is 0 Å². The van der Waals surface area contributed by atoms with Crippen LogP contribution in [0.25, 0.3) is 11.6 Å². The molecule has 1 N–H and O–H groups in total. The Morgan fingerprint density at radius 1 is 1.03 bits per heavy atom. The molecule has 172 valence electrons. The van der Waals surface area contributed by atoms with Crippen LogP contribution in [0.3, 0.4) is 0 Å². The highest BCUT2D eigenvalue weighted by molar-refractivity contribution is 7.96. The van der Waals surface area contributed by atoms with E-state index in [-0.39, 0.29) is 20.9 Å². The first kappa shape index (κ1) is 24.3. The predicted molar refractivity (Wildman–Crippen MR) is 130 cm³/mol. The van der Waals surface area contributed by atoms with Crippen LogP contribution in [0, 0.1) is 11.3 Å². The molecule has 0 bridgehead atoms. The van der Waals surface area contributed by atoms with Crippen molar-refractivity contribution in [1.29, 1.82) is 5.26 Å². The van der Waals surface area contributed by atoms with E-state index < -0.39 is 21.4 Å². The Kier molecular flexibility index (Phi) is 7.72. The monoisotopic (exact) mass is 464 g/mol. The van der Waals surface area contributed by atoms with E-state index in [2.05, 4.69) is 18.7 Å². The van der Waals surface area contributed by atoms with Crippen LogP contribution in [-0.2, 0) is 14.6 Å². The Hall–Kier alpha value is -3.37. The molecule has 1 aliphatic rings. The quantitative estimate of drug-likeness (QED) is 0.400. The highest BCUT2D eigenvalue weighted by Gasteiger charge is 2.39. The number of hydrogen-bond acceptors (Lipinski definition) is 5. The minimum absolute atomic E-state index is 0.0159. The number of allylic oxidation sites excluding steroid dienone is 1. The Bertz CT molecular complexity index is 1230. The van der Waals surface area contributed by atoms with Gasteiger partial charge in [-0.3, -0.25) is 0 Å². The Labute approximate surface area is 195 Å². The van der Waals surface area contributed by atoms with Gasteiger partial charge in [-0.25, -0.2) is 13.2 Å². The lowest BCUT2D eigenvalue weighted by atomic mass is 9.99. The smallest absolute Gasteiger partial charge is 0.347 e. The molecule has 6 nitrogen and oxygen atoms in total. The molecule has 2 aromatic rings. The molecule has 7 heteroatoms. The summed E-state index contributed by atoms with van der Waals surface area (Å²) in [5, 5.41) is 19.0. The molecule has 0 atom stereocenters. The lowest BCUT2D eigenvalue weighted by Gasteiger charge is -2.24. The zero-order valence-corrected chi connectivity index (χ0v) is 19.7. The van der Waals surface area contributed by atoms with Crippen molar-refractivity contribution in [2.24, 2.45) is 0 Å². The number of fused-ring (bicyclic) bond motifs is 1. The summed E-state index contributed by atoms with van der Waals surface area (Å²) in [6.45, 7) is 6.23. The van der Waals surface area contributed by atoms with Gasteiger partial charge < -0.3 is 10.0 Å². The van der Waals surface area contributed by atoms with Gasteiger partial charge in [0, 0.05) is 29.9 Å². The van der Waals surface area contributed by atoms with Crippen molar-refractivity contribution >= 4 is 33.1 Å². The maximum atomic E-state index is 13.2. The number of unbranched alkanes of at least 4 members (excludes halogenated alkanes) is 2. The van der Waals surface area contributed by atoms with Gasteiger partial charge >= 0.3 is 5.97 Å². The van der Waals surface area contributed by atoms with Gasteiger partial charge in [0.2, 0.25) is 9.84 Å². The second-order valence-electron chi connectivity index (χ2n) is 7.96. The van der Waals surface area contributed by atoms with Crippen LogP contribution in [-0.4, -0.2) is 32.6 Å². The molecule has 1 aliphatic heterocycles. The molecule has 0 aliphatic carbocycles. The van der Waals surface area contributed by atoms with E-state index >= 15 is 0 Å². The summed E-state index contributed by atoms with van der Waals surface area (Å²) in [6.07, 6.45) is 5.84. The van der Waals surface area contributed by atoms with Crippen LogP contribution in [0.4, 0.5) is 5.69 Å². The third kappa shape index (κ3) is 5.01. The summed E-state index contributed by atoms with van der Waals surface area (Å²) in [4.78, 5) is 13.9. The van der Waals surface area contributed by atoms with Crippen molar-refractivity contribution in [3.8, 4) is 6.07 Å². The normalized spacial score (nSPS) is 16.8. The van der Waals surface area contributed by atoms with Gasteiger partial charge in [0.15, 0.2) is 0 Å². The minimum atomic E-state index is -3.95. The van der Waals surface area contributed by atoms with Crippen molar-refractivity contribution in [3.05, 3.63) is 70.1 Å². The Morgan fingerprint density at radius 2 is 1.64 bits per heavy atom. The topological polar surface area (TPSA) is 98.5 Å². The number of anilines is 1. The standard InChI is InChI=1S/C26H28N2O4S/c1-3-5-15-28(16-6-4-2)20-13-11-19(12-14-20)17-24-25(22(18-27)26(29)30)21-9-7-8-10-23(21)33(24,31)32/h7-14,17H,3-6,15-16H2,1-2H3,(H,29,30)/b24-17?,25-22+. The average Bonchev–Trinajstić information content (AvgIpc) is 3.02. The molecule has 33 heavy (non-hydrogen) atoms. The molecule has 0 amide bonds.